The number of halogens is 2. The molecule has 2 aromatic carbocycles. The number of rotatable bonds is 4. The van der Waals surface area contributed by atoms with E-state index in [4.69, 9.17) is 16.3 Å². The predicted molar refractivity (Wildman–Crippen MR) is 88.9 cm³/mol. The maximum atomic E-state index is 6.18. The van der Waals surface area contributed by atoms with Gasteiger partial charge in [-0.3, -0.25) is 0 Å². The second-order valence-electron chi connectivity index (χ2n) is 4.72. The predicted octanol–water partition coefficient (Wildman–Crippen LogP) is 5.59. The molecule has 1 N–H and O–H groups in total. The van der Waals surface area contributed by atoms with Crippen molar-refractivity contribution in [2.24, 2.45) is 0 Å². The Labute approximate surface area is 133 Å². The number of anilines is 1. The van der Waals surface area contributed by atoms with E-state index in [1.54, 1.807) is 7.11 Å². The number of aryl methyl sites for hydroxylation is 1. The molecule has 4 heteroatoms. The zero-order valence-corrected chi connectivity index (χ0v) is 14.0. The second-order valence-corrected chi connectivity index (χ2v) is 5.99. The van der Waals surface area contributed by atoms with Gasteiger partial charge < -0.3 is 10.1 Å². The van der Waals surface area contributed by atoms with E-state index < -0.39 is 0 Å². The van der Waals surface area contributed by atoms with Crippen LogP contribution in [-0.2, 0) is 0 Å². The first-order valence-corrected chi connectivity index (χ1v) is 7.54. The lowest BCUT2D eigenvalue weighted by Crippen LogP contribution is -2.07. The highest BCUT2D eigenvalue weighted by molar-refractivity contribution is 9.10. The summed E-state index contributed by atoms with van der Waals surface area (Å²) in [5, 5.41) is 4.22. The van der Waals surface area contributed by atoms with E-state index in [-0.39, 0.29) is 6.04 Å². The minimum Gasteiger partial charge on any atom is -0.497 e. The van der Waals surface area contributed by atoms with E-state index in [0.29, 0.717) is 0 Å². The molecule has 0 saturated heterocycles. The standard InChI is InChI=1S/C16H17BrClNO/c1-10-7-14(17)16(9-15(10)18)19-11(2)12-5-4-6-13(8-12)20-3/h4-9,11,19H,1-3H3. The first-order chi connectivity index (χ1) is 9.51. The Bertz CT molecular complexity index is 615. The fourth-order valence-corrected chi connectivity index (χ4v) is 2.72. The van der Waals surface area contributed by atoms with Gasteiger partial charge in [-0.15, -0.1) is 0 Å². The molecule has 0 fully saturated rings. The lowest BCUT2D eigenvalue weighted by atomic mass is 10.1. The van der Waals surface area contributed by atoms with E-state index in [1.807, 2.05) is 37.3 Å². The fraction of sp³-hybridized carbons (Fsp3) is 0.250. The fourth-order valence-electron chi connectivity index (χ4n) is 1.98. The minimum atomic E-state index is 0.153. The van der Waals surface area contributed by atoms with Crippen LogP contribution in [0, 0.1) is 6.92 Å². The Morgan fingerprint density at radius 1 is 1.25 bits per heavy atom. The molecule has 0 amide bonds. The topological polar surface area (TPSA) is 21.3 Å². The van der Waals surface area contributed by atoms with Crippen molar-refractivity contribution in [3.05, 3.63) is 57.0 Å². The SMILES string of the molecule is COc1cccc(C(C)Nc2cc(Cl)c(C)cc2Br)c1. The summed E-state index contributed by atoms with van der Waals surface area (Å²) in [5.74, 6) is 0.858. The molecule has 0 aliphatic rings. The first kappa shape index (κ1) is 15.2. The molecule has 0 aliphatic carbocycles. The van der Waals surface area contributed by atoms with Crippen LogP contribution in [0.3, 0.4) is 0 Å². The van der Waals surface area contributed by atoms with Gasteiger partial charge in [0.05, 0.1) is 12.8 Å². The highest BCUT2D eigenvalue weighted by atomic mass is 79.9. The molecule has 0 heterocycles. The van der Waals surface area contributed by atoms with Crippen LogP contribution in [0.1, 0.15) is 24.1 Å². The third kappa shape index (κ3) is 3.47. The lowest BCUT2D eigenvalue weighted by Gasteiger charge is -2.18. The van der Waals surface area contributed by atoms with Crippen molar-refractivity contribution in [1.29, 1.82) is 0 Å². The Hall–Kier alpha value is -1.19. The van der Waals surface area contributed by atoms with Gasteiger partial charge in [0.25, 0.3) is 0 Å². The van der Waals surface area contributed by atoms with Crippen molar-refractivity contribution in [1.82, 2.24) is 0 Å². The molecular weight excluding hydrogens is 338 g/mol. The van der Waals surface area contributed by atoms with Crippen LogP contribution in [0.25, 0.3) is 0 Å². The molecule has 0 aliphatic heterocycles. The molecule has 2 nitrogen and oxygen atoms in total. The van der Waals surface area contributed by atoms with Crippen molar-refractivity contribution in [3.63, 3.8) is 0 Å². The minimum absolute atomic E-state index is 0.153. The van der Waals surface area contributed by atoms with E-state index in [0.717, 1.165) is 32.1 Å². The Morgan fingerprint density at radius 2 is 2.00 bits per heavy atom. The van der Waals surface area contributed by atoms with E-state index >= 15 is 0 Å². The molecule has 1 atom stereocenters. The summed E-state index contributed by atoms with van der Waals surface area (Å²) >= 11 is 9.75. The number of hydrogen-bond acceptors (Lipinski definition) is 2. The molecule has 0 bridgehead atoms. The average molecular weight is 355 g/mol. The number of methoxy groups -OCH3 is 1. The second kappa shape index (κ2) is 6.51. The van der Waals surface area contributed by atoms with Crippen LogP contribution >= 0.6 is 27.5 Å². The van der Waals surface area contributed by atoms with Gasteiger partial charge >= 0.3 is 0 Å². The van der Waals surface area contributed by atoms with E-state index in [9.17, 15) is 0 Å². The van der Waals surface area contributed by atoms with Crippen LogP contribution in [0.15, 0.2) is 40.9 Å². The van der Waals surface area contributed by atoms with Gasteiger partial charge in [-0.2, -0.15) is 0 Å². The lowest BCUT2D eigenvalue weighted by molar-refractivity contribution is 0.414. The third-order valence-corrected chi connectivity index (χ3v) is 4.28. The number of ether oxygens (including phenoxy) is 1. The maximum absolute atomic E-state index is 6.18. The van der Waals surface area contributed by atoms with Crippen molar-refractivity contribution < 1.29 is 4.74 Å². The van der Waals surface area contributed by atoms with Crippen molar-refractivity contribution in [2.75, 3.05) is 12.4 Å². The third-order valence-electron chi connectivity index (χ3n) is 3.21. The maximum Gasteiger partial charge on any atom is 0.119 e. The average Bonchev–Trinajstić information content (AvgIpc) is 2.44. The highest BCUT2D eigenvalue weighted by Crippen LogP contribution is 2.32. The van der Waals surface area contributed by atoms with Crippen LogP contribution in [0.4, 0.5) is 5.69 Å². The molecule has 1 unspecified atom stereocenters. The van der Waals surface area contributed by atoms with Gasteiger partial charge in [-0.05, 0) is 65.2 Å². The van der Waals surface area contributed by atoms with Gasteiger partial charge in [0.1, 0.15) is 5.75 Å². The molecule has 106 valence electrons. The Balaban J connectivity index is 2.23. The number of nitrogens with one attached hydrogen (secondary N) is 1. The Morgan fingerprint density at radius 3 is 2.70 bits per heavy atom. The number of benzene rings is 2. The smallest absolute Gasteiger partial charge is 0.119 e. The largest absolute Gasteiger partial charge is 0.497 e. The van der Waals surface area contributed by atoms with Gasteiger partial charge in [-0.1, -0.05) is 23.7 Å². The quantitative estimate of drug-likeness (QED) is 0.772. The van der Waals surface area contributed by atoms with Crippen molar-refractivity contribution in [2.45, 2.75) is 19.9 Å². The highest BCUT2D eigenvalue weighted by Gasteiger charge is 2.10. The summed E-state index contributed by atoms with van der Waals surface area (Å²) in [7, 11) is 1.67. The van der Waals surface area contributed by atoms with Crippen molar-refractivity contribution in [3.8, 4) is 5.75 Å². The monoisotopic (exact) mass is 353 g/mol. The van der Waals surface area contributed by atoms with Gasteiger partial charge in [0.15, 0.2) is 0 Å². The summed E-state index contributed by atoms with van der Waals surface area (Å²) in [6, 6.07) is 12.1. The molecular formula is C16H17BrClNO. The van der Waals surface area contributed by atoms with E-state index in [1.165, 1.54) is 0 Å². The normalized spacial score (nSPS) is 12.1. The first-order valence-electron chi connectivity index (χ1n) is 6.37. The zero-order valence-electron chi connectivity index (χ0n) is 11.7. The molecule has 0 saturated carbocycles. The Kier molecular flexibility index (Phi) is 4.95. The van der Waals surface area contributed by atoms with Crippen molar-refractivity contribution >= 4 is 33.2 Å². The summed E-state index contributed by atoms with van der Waals surface area (Å²) in [5.41, 5.74) is 3.20. The van der Waals surface area contributed by atoms with Gasteiger partial charge in [-0.25, -0.2) is 0 Å². The molecule has 0 radical (unpaired) electrons. The van der Waals surface area contributed by atoms with Gasteiger partial charge in [0.2, 0.25) is 0 Å². The summed E-state index contributed by atoms with van der Waals surface area (Å²) in [4.78, 5) is 0. The van der Waals surface area contributed by atoms with Gasteiger partial charge in [0, 0.05) is 15.5 Å². The van der Waals surface area contributed by atoms with Crippen LogP contribution in [0.2, 0.25) is 5.02 Å². The molecule has 0 aromatic heterocycles. The zero-order chi connectivity index (χ0) is 14.7. The van der Waals surface area contributed by atoms with Crippen LogP contribution < -0.4 is 10.1 Å². The summed E-state index contributed by atoms with van der Waals surface area (Å²) in [6.45, 7) is 4.09. The summed E-state index contributed by atoms with van der Waals surface area (Å²) in [6.07, 6.45) is 0. The molecule has 20 heavy (non-hydrogen) atoms. The molecule has 2 aromatic rings. The summed E-state index contributed by atoms with van der Waals surface area (Å²) < 4.78 is 6.26. The van der Waals surface area contributed by atoms with Crippen LogP contribution in [0.5, 0.6) is 5.75 Å². The molecule has 0 spiro atoms. The van der Waals surface area contributed by atoms with E-state index in [2.05, 4.69) is 34.2 Å². The molecule has 2 rings (SSSR count). The number of hydrogen-bond donors (Lipinski definition) is 1. The van der Waals surface area contributed by atoms with Crippen LogP contribution in [-0.4, -0.2) is 7.11 Å².